The lowest BCUT2D eigenvalue weighted by atomic mass is 10.2. The second kappa shape index (κ2) is 3.34. The summed E-state index contributed by atoms with van der Waals surface area (Å²) >= 11 is 0. The van der Waals surface area contributed by atoms with Gasteiger partial charge in [-0.05, 0) is 18.6 Å². The number of nitrogens with two attached hydrogens (primary N) is 1. The highest BCUT2D eigenvalue weighted by Crippen LogP contribution is 2.30. The summed E-state index contributed by atoms with van der Waals surface area (Å²) in [7, 11) is 3.21. The van der Waals surface area contributed by atoms with E-state index in [9.17, 15) is 0 Å². The van der Waals surface area contributed by atoms with Crippen molar-refractivity contribution in [2.75, 3.05) is 20.0 Å². The predicted octanol–water partition coefficient (Wildman–Crippen LogP) is 1.59. The van der Waals surface area contributed by atoms with E-state index in [1.165, 1.54) is 0 Å². The Morgan fingerprint density at radius 3 is 2.25 bits per heavy atom. The fraction of sp³-hybridized carbons (Fsp3) is 0.333. The van der Waals surface area contributed by atoms with Gasteiger partial charge in [-0.15, -0.1) is 0 Å². The average Bonchev–Trinajstić information content (AvgIpc) is 2.03. The molecule has 0 fully saturated rings. The molecule has 1 aromatic carbocycles. The highest BCUT2D eigenvalue weighted by Gasteiger charge is 2.05. The Hall–Kier alpha value is -1.38. The lowest BCUT2D eigenvalue weighted by Gasteiger charge is -2.09. The van der Waals surface area contributed by atoms with Gasteiger partial charge in [-0.25, -0.2) is 0 Å². The molecule has 0 atom stereocenters. The summed E-state index contributed by atoms with van der Waals surface area (Å²) in [5.41, 5.74) is 7.29. The monoisotopic (exact) mass is 167 g/mol. The topological polar surface area (TPSA) is 44.5 Å². The van der Waals surface area contributed by atoms with Crippen molar-refractivity contribution in [2.24, 2.45) is 0 Å². The normalized spacial score (nSPS) is 9.58. The van der Waals surface area contributed by atoms with Crippen LogP contribution < -0.4 is 15.2 Å². The van der Waals surface area contributed by atoms with Gasteiger partial charge in [0.1, 0.15) is 11.5 Å². The second-order valence-corrected chi connectivity index (χ2v) is 2.57. The molecule has 0 amide bonds. The van der Waals surface area contributed by atoms with Gasteiger partial charge >= 0.3 is 0 Å². The third kappa shape index (κ3) is 1.44. The van der Waals surface area contributed by atoms with Crippen LogP contribution in [0.25, 0.3) is 0 Å². The van der Waals surface area contributed by atoms with Crippen LogP contribution in [0.1, 0.15) is 5.56 Å². The minimum absolute atomic E-state index is 0.606. The lowest BCUT2D eigenvalue weighted by molar-refractivity contribution is 0.402. The van der Waals surface area contributed by atoms with E-state index in [1.54, 1.807) is 20.3 Å². The van der Waals surface area contributed by atoms with Gasteiger partial charge in [0.2, 0.25) is 0 Å². The summed E-state index contributed by atoms with van der Waals surface area (Å²) in [5, 5.41) is 0. The van der Waals surface area contributed by atoms with Crippen molar-refractivity contribution in [3.8, 4) is 11.5 Å². The van der Waals surface area contributed by atoms with E-state index in [1.807, 2.05) is 13.0 Å². The second-order valence-electron chi connectivity index (χ2n) is 2.57. The van der Waals surface area contributed by atoms with Crippen LogP contribution in [0.4, 0.5) is 5.69 Å². The maximum atomic E-state index is 5.70. The number of rotatable bonds is 2. The first-order valence-electron chi connectivity index (χ1n) is 3.67. The molecule has 0 aliphatic heterocycles. The van der Waals surface area contributed by atoms with Crippen LogP contribution in [-0.2, 0) is 0 Å². The zero-order valence-corrected chi connectivity index (χ0v) is 7.55. The fourth-order valence-corrected chi connectivity index (χ4v) is 1.16. The molecule has 0 saturated carbocycles. The van der Waals surface area contributed by atoms with Crippen molar-refractivity contribution in [3.63, 3.8) is 0 Å². The SMILES string of the molecule is COc1cc(C)c(OC)c(N)c1. The highest BCUT2D eigenvalue weighted by atomic mass is 16.5. The molecule has 0 aliphatic carbocycles. The Balaban J connectivity index is 3.18. The molecule has 0 radical (unpaired) electrons. The lowest BCUT2D eigenvalue weighted by Crippen LogP contribution is -1.96. The van der Waals surface area contributed by atoms with Crippen LogP contribution in [0.5, 0.6) is 11.5 Å². The Morgan fingerprint density at radius 1 is 1.17 bits per heavy atom. The number of nitrogen functional groups attached to an aromatic ring is 1. The van der Waals surface area contributed by atoms with E-state index < -0.39 is 0 Å². The molecule has 0 unspecified atom stereocenters. The molecule has 66 valence electrons. The number of methoxy groups -OCH3 is 2. The molecule has 0 bridgehead atoms. The molecule has 0 aliphatic rings. The van der Waals surface area contributed by atoms with Crippen molar-refractivity contribution in [1.29, 1.82) is 0 Å². The summed E-state index contributed by atoms with van der Waals surface area (Å²) < 4.78 is 10.1. The number of anilines is 1. The number of ether oxygens (including phenoxy) is 2. The first-order chi connectivity index (χ1) is 5.69. The van der Waals surface area contributed by atoms with E-state index in [-0.39, 0.29) is 0 Å². The molecular weight excluding hydrogens is 154 g/mol. The summed E-state index contributed by atoms with van der Waals surface area (Å²) in [5.74, 6) is 1.47. The molecule has 0 heterocycles. The quantitative estimate of drug-likeness (QED) is 0.680. The van der Waals surface area contributed by atoms with Crippen LogP contribution >= 0.6 is 0 Å². The first-order valence-corrected chi connectivity index (χ1v) is 3.67. The van der Waals surface area contributed by atoms with Crippen LogP contribution in [0.15, 0.2) is 12.1 Å². The van der Waals surface area contributed by atoms with Gasteiger partial charge in [0.25, 0.3) is 0 Å². The third-order valence-electron chi connectivity index (χ3n) is 1.72. The number of benzene rings is 1. The van der Waals surface area contributed by atoms with E-state index in [0.717, 1.165) is 17.1 Å². The standard InChI is InChI=1S/C9H13NO2/c1-6-4-7(11-2)5-8(10)9(6)12-3/h4-5H,10H2,1-3H3. The largest absolute Gasteiger partial charge is 0.497 e. The van der Waals surface area contributed by atoms with Crippen molar-refractivity contribution in [3.05, 3.63) is 17.7 Å². The Labute approximate surface area is 72.1 Å². The molecule has 0 aromatic heterocycles. The zero-order chi connectivity index (χ0) is 9.14. The Morgan fingerprint density at radius 2 is 1.83 bits per heavy atom. The van der Waals surface area contributed by atoms with Gasteiger partial charge < -0.3 is 15.2 Å². The summed E-state index contributed by atoms with van der Waals surface area (Å²) in [6.07, 6.45) is 0. The summed E-state index contributed by atoms with van der Waals surface area (Å²) in [6, 6.07) is 3.63. The van der Waals surface area contributed by atoms with Crippen LogP contribution in [0.2, 0.25) is 0 Å². The van der Waals surface area contributed by atoms with Crippen molar-refractivity contribution < 1.29 is 9.47 Å². The predicted molar refractivity (Wildman–Crippen MR) is 48.7 cm³/mol. The van der Waals surface area contributed by atoms with Crippen LogP contribution in [0.3, 0.4) is 0 Å². The Bertz CT molecular complexity index is 261. The Kier molecular flexibility index (Phi) is 2.43. The number of hydrogen-bond acceptors (Lipinski definition) is 3. The average molecular weight is 167 g/mol. The van der Waals surface area contributed by atoms with Gasteiger partial charge in [-0.1, -0.05) is 0 Å². The molecule has 0 saturated heterocycles. The van der Waals surface area contributed by atoms with Crippen molar-refractivity contribution in [2.45, 2.75) is 6.92 Å². The van der Waals surface area contributed by atoms with Crippen LogP contribution in [-0.4, -0.2) is 14.2 Å². The molecule has 3 nitrogen and oxygen atoms in total. The minimum Gasteiger partial charge on any atom is -0.497 e. The van der Waals surface area contributed by atoms with Gasteiger partial charge in [0.05, 0.1) is 19.9 Å². The van der Waals surface area contributed by atoms with Crippen molar-refractivity contribution >= 4 is 5.69 Å². The molecular formula is C9H13NO2. The molecule has 3 heteroatoms. The summed E-state index contributed by atoms with van der Waals surface area (Å²) in [4.78, 5) is 0. The molecule has 1 aromatic rings. The van der Waals surface area contributed by atoms with Gasteiger partial charge in [0, 0.05) is 6.07 Å². The minimum atomic E-state index is 0.606. The first kappa shape index (κ1) is 8.71. The smallest absolute Gasteiger partial charge is 0.144 e. The molecule has 2 N–H and O–H groups in total. The zero-order valence-electron chi connectivity index (χ0n) is 7.55. The molecule has 0 spiro atoms. The molecule has 12 heavy (non-hydrogen) atoms. The maximum absolute atomic E-state index is 5.70. The van der Waals surface area contributed by atoms with Crippen molar-refractivity contribution in [1.82, 2.24) is 0 Å². The van der Waals surface area contributed by atoms with E-state index in [2.05, 4.69) is 0 Å². The highest BCUT2D eigenvalue weighted by molar-refractivity contribution is 5.60. The third-order valence-corrected chi connectivity index (χ3v) is 1.72. The van der Waals surface area contributed by atoms with Gasteiger partial charge in [-0.2, -0.15) is 0 Å². The van der Waals surface area contributed by atoms with Crippen LogP contribution in [0, 0.1) is 6.92 Å². The number of aryl methyl sites for hydroxylation is 1. The van der Waals surface area contributed by atoms with E-state index in [4.69, 9.17) is 15.2 Å². The molecule has 1 rings (SSSR count). The maximum Gasteiger partial charge on any atom is 0.144 e. The number of hydrogen-bond donors (Lipinski definition) is 1. The van der Waals surface area contributed by atoms with E-state index in [0.29, 0.717) is 5.69 Å². The van der Waals surface area contributed by atoms with Gasteiger partial charge in [-0.3, -0.25) is 0 Å². The van der Waals surface area contributed by atoms with E-state index >= 15 is 0 Å². The fourth-order valence-electron chi connectivity index (χ4n) is 1.16. The summed E-state index contributed by atoms with van der Waals surface area (Å²) in [6.45, 7) is 1.93. The van der Waals surface area contributed by atoms with Gasteiger partial charge in [0.15, 0.2) is 0 Å².